The van der Waals surface area contributed by atoms with Gasteiger partial charge in [0.05, 0.1) is 17.0 Å². The third kappa shape index (κ3) is 2.15. The van der Waals surface area contributed by atoms with Crippen LogP contribution in [0.2, 0.25) is 0 Å². The number of hydrogen-bond donors (Lipinski definition) is 2. The topological polar surface area (TPSA) is 84.2 Å². The van der Waals surface area contributed by atoms with E-state index in [-0.39, 0.29) is 11.7 Å². The Morgan fingerprint density at radius 3 is 3.11 bits per heavy atom. The number of aromatic nitrogens is 2. The number of nitrogens with zero attached hydrogens (tertiary/aromatic N) is 2. The van der Waals surface area contributed by atoms with Gasteiger partial charge in [-0.25, -0.2) is 4.98 Å². The molecule has 0 saturated carbocycles. The molecule has 1 aliphatic rings. The van der Waals surface area contributed by atoms with Gasteiger partial charge in [-0.3, -0.25) is 9.78 Å². The van der Waals surface area contributed by atoms with Crippen LogP contribution in [0.5, 0.6) is 0 Å². The van der Waals surface area contributed by atoms with Crippen molar-refractivity contribution in [2.75, 3.05) is 30.8 Å². The summed E-state index contributed by atoms with van der Waals surface area (Å²) in [6.45, 7) is 1.59. The van der Waals surface area contributed by atoms with E-state index < -0.39 is 0 Å². The Labute approximate surface area is 110 Å². The molecule has 1 aromatic carbocycles. The molecule has 0 spiro atoms. The highest BCUT2D eigenvalue weighted by molar-refractivity contribution is 5.81. The number of benzene rings is 1. The van der Waals surface area contributed by atoms with Crippen LogP contribution in [0, 0.1) is 0 Å². The molecule has 0 bridgehead atoms. The van der Waals surface area contributed by atoms with Gasteiger partial charge in [-0.2, -0.15) is 0 Å². The first kappa shape index (κ1) is 12.0. The van der Waals surface area contributed by atoms with E-state index in [1.807, 2.05) is 4.90 Å². The number of nitrogens with one attached hydrogen (secondary N) is 1. The minimum atomic E-state index is -0.159. The Bertz CT molecular complexity index is 667. The van der Waals surface area contributed by atoms with Gasteiger partial charge in [0.15, 0.2) is 0 Å². The summed E-state index contributed by atoms with van der Waals surface area (Å²) in [5, 5.41) is 0.520. The van der Waals surface area contributed by atoms with Crippen molar-refractivity contribution in [3.05, 3.63) is 28.6 Å². The molecule has 0 radical (unpaired) electrons. The van der Waals surface area contributed by atoms with E-state index in [4.69, 9.17) is 10.5 Å². The summed E-state index contributed by atoms with van der Waals surface area (Å²) >= 11 is 0. The van der Waals surface area contributed by atoms with Crippen LogP contribution in [-0.4, -0.2) is 36.3 Å². The lowest BCUT2D eigenvalue weighted by atomic mass is 10.2. The molecule has 2 aromatic rings. The lowest BCUT2D eigenvalue weighted by Crippen LogP contribution is -2.26. The van der Waals surface area contributed by atoms with Gasteiger partial charge >= 0.3 is 0 Å². The molecule has 0 amide bonds. The van der Waals surface area contributed by atoms with Crippen LogP contribution in [0.4, 0.5) is 11.6 Å². The Morgan fingerprint density at radius 1 is 1.53 bits per heavy atom. The number of fused-ring (bicyclic) bond motifs is 1. The smallest absolute Gasteiger partial charge is 0.260 e. The van der Waals surface area contributed by atoms with Crippen LogP contribution >= 0.6 is 0 Å². The molecule has 1 unspecified atom stereocenters. The zero-order valence-corrected chi connectivity index (χ0v) is 10.7. The van der Waals surface area contributed by atoms with Crippen molar-refractivity contribution in [1.82, 2.24) is 9.97 Å². The standard InChI is InChI=1S/C13H16N4O2/c1-19-9-4-5-17(7-9)13-15-11-3-2-8(14)6-10(11)12(18)16-13/h2-3,6,9H,4-5,7,14H2,1H3,(H,15,16,18). The Morgan fingerprint density at radius 2 is 2.37 bits per heavy atom. The maximum atomic E-state index is 12.1. The first-order valence-electron chi connectivity index (χ1n) is 6.24. The molecular formula is C13H16N4O2. The summed E-state index contributed by atoms with van der Waals surface area (Å²) in [4.78, 5) is 21.4. The molecule has 3 rings (SSSR count). The third-order valence-corrected chi connectivity index (χ3v) is 3.49. The molecule has 1 aliphatic heterocycles. The molecule has 1 atom stereocenters. The fraction of sp³-hybridized carbons (Fsp3) is 0.385. The van der Waals surface area contributed by atoms with Crippen molar-refractivity contribution in [2.24, 2.45) is 0 Å². The van der Waals surface area contributed by atoms with Gasteiger partial charge in [-0.05, 0) is 24.6 Å². The van der Waals surface area contributed by atoms with E-state index in [0.29, 0.717) is 22.5 Å². The predicted molar refractivity (Wildman–Crippen MR) is 74.4 cm³/mol. The fourth-order valence-corrected chi connectivity index (χ4v) is 2.41. The molecule has 2 heterocycles. The van der Waals surface area contributed by atoms with E-state index in [2.05, 4.69) is 9.97 Å². The highest BCUT2D eigenvalue weighted by atomic mass is 16.5. The summed E-state index contributed by atoms with van der Waals surface area (Å²) in [6, 6.07) is 5.17. The van der Waals surface area contributed by atoms with Crippen molar-refractivity contribution < 1.29 is 4.74 Å². The molecule has 6 nitrogen and oxygen atoms in total. The Hall–Kier alpha value is -2.08. The lowest BCUT2D eigenvalue weighted by Gasteiger charge is -2.16. The minimum Gasteiger partial charge on any atom is -0.399 e. The van der Waals surface area contributed by atoms with Crippen LogP contribution in [0.25, 0.3) is 10.9 Å². The second kappa shape index (κ2) is 4.55. The third-order valence-electron chi connectivity index (χ3n) is 3.49. The SMILES string of the molecule is COC1CCN(c2nc3ccc(N)cc3c(=O)[nH]2)C1. The molecule has 1 saturated heterocycles. The average molecular weight is 260 g/mol. The Balaban J connectivity index is 2.02. The number of nitrogen functional groups attached to an aromatic ring is 1. The first-order chi connectivity index (χ1) is 9.17. The van der Waals surface area contributed by atoms with Crippen molar-refractivity contribution >= 4 is 22.5 Å². The average Bonchev–Trinajstić information content (AvgIpc) is 2.88. The minimum absolute atomic E-state index is 0.159. The van der Waals surface area contributed by atoms with Crippen molar-refractivity contribution in [3.8, 4) is 0 Å². The van der Waals surface area contributed by atoms with E-state index in [1.165, 1.54) is 0 Å². The van der Waals surface area contributed by atoms with Gasteiger partial charge in [-0.15, -0.1) is 0 Å². The number of rotatable bonds is 2. The zero-order valence-electron chi connectivity index (χ0n) is 10.7. The van der Waals surface area contributed by atoms with Crippen LogP contribution in [0.1, 0.15) is 6.42 Å². The molecule has 19 heavy (non-hydrogen) atoms. The number of hydrogen-bond acceptors (Lipinski definition) is 5. The summed E-state index contributed by atoms with van der Waals surface area (Å²) in [5.41, 5.74) is 6.75. The van der Waals surface area contributed by atoms with Gasteiger partial charge < -0.3 is 15.4 Å². The van der Waals surface area contributed by atoms with Crippen LogP contribution in [0.3, 0.4) is 0 Å². The summed E-state index contributed by atoms with van der Waals surface area (Å²) < 4.78 is 5.32. The molecule has 3 N–H and O–H groups in total. The largest absolute Gasteiger partial charge is 0.399 e. The van der Waals surface area contributed by atoms with Crippen molar-refractivity contribution in [2.45, 2.75) is 12.5 Å². The zero-order chi connectivity index (χ0) is 13.4. The van der Waals surface area contributed by atoms with Gasteiger partial charge in [-0.1, -0.05) is 0 Å². The highest BCUT2D eigenvalue weighted by Gasteiger charge is 2.24. The normalized spacial score (nSPS) is 19.2. The van der Waals surface area contributed by atoms with Gasteiger partial charge in [0.1, 0.15) is 0 Å². The summed E-state index contributed by atoms with van der Waals surface area (Å²) in [6.07, 6.45) is 1.15. The van der Waals surface area contributed by atoms with Crippen molar-refractivity contribution in [1.29, 1.82) is 0 Å². The quantitative estimate of drug-likeness (QED) is 0.778. The number of nitrogens with two attached hydrogens (primary N) is 1. The Kier molecular flexibility index (Phi) is 2.87. The van der Waals surface area contributed by atoms with Gasteiger partial charge in [0, 0.05) is 25.9 Å². The number of H-pyrrole nitrogens is 1. The number of ether oxygens (including phenoxy) is 1. The molecule has 100 valence electrons. The van der Waals surface area contributed by atoms with E-state index in [1.54, 1.807) is 25.3 Å². The molecule has 1 fully saturated rings. The first-order valence-corrected chi connectivity index (χ1v) is 6.24. The second-order valence-electron chi connectivity index (χ2n) is 4.76. The predicted octanol–water partition coefficient (Wildman–Crippen LogP) is 0.730. The number of aromatic amines is 1. The summed E-state index contributed by atoms with van der Waals surface area (Å²) in [7, 11) is 1.70. The van der Waals surface area contributed by atoms with E-state index >= 15 is 0 Å². The maximum Gasteiger partial charge on any atom is 0.260 e. The van der Waals surface area contributed by atoms with Gasteiger partial charge in [0.2, 0.25) is 5.95 Å². The van der Waals surface area contributed by atoms with Crippen LogP contribution in [-0.2, 0) is 4.74 Å². The van der Waals surface area contributed by atoms with Gasteiger partial charge in [0.25, 0.3) is 5.56 Å². The molecule has 1 aromatic heterocycles. The second-order valence-corrected chi connectivity index (χ2v) is 4.76. The monoisotopic (exact) mass is 260 g/mol. The van der Waals surface area contributed by atoms with E-state index in [9.17, 15) is 4.79 Å². The summed E-state index contributed by atoms with van der Waals surface area (Å²) in [5.74, 6) is 0.599. The fourth-order valence-electron chi connectivity index (χ4n) is 2.41. The van der Waals surface area contributed by atoms with E-state index in [0.717, 1.165) is 19.5 Å². The number of anilines is 2. The van der Waals surface area contributed by atoms with Crippen LogP contribution < -0.4 is 16.2 Å². The highest BCUT2D eigenvalue weighted by Crippen LogP contribution is 2.19. The van der Waals surface area contributed by atoms with Crippen molar-refractivity contribution in [3.63, 3.8) is 0 Å². The molecule has 0 aliphatic carbocycles. The molecular weight excluding hydrogens is 244 g/mol. The lowest BCUT2D eigenvalue weighted by molar-refractivity contribution is 0.121. The molecule has 6 heteroatoms. The number of methoxy groups -OCH3 is 1. The maximum absolute atomic E-state index is 12.1. The van der Waals surface area contributed by atoms with Crippen LogP contribution in [0.15, 0.2) is 23.0 Å².